The number of hydrogen-bond acceptors (Lipinski definition) is 6. The number of nitriles is 1. The van der Waals surface area contributed by atoms with Gasteiger partial charge in [-0.25, -0.2) is 4.98 Å². The van der Waals surface area contributed by atoms with Crippen LogP contribution in [0.15, 0.2) is 66.7 Å². The monoisotopic (exact) mass is 434 g/mol. The number of rotatable bonds is 4. The molecule has 6 nitrogen and oxygen atoms in total. The average molecular weight is 435 g/mol. The fraction of sp³-hybridized carbons (Fsp3) is 0.222. The number of aromatic nitrogens is 2. The maximum atomic E-state index is 9.09. The number of nitrogens with two attached hydrogens (primary N) is 1. The number of fused-ring (bicyclic) bond motifs is 1. The highest BCUT2D eigenvalue weighted by atomic mass is 15.2. The van der Waals surface area contributed by atoms with Crippen LogP contribution >= 0.6 is 0 Å². The van der Waals surface area contributed by atoms with Gasteiger partial charge in [-0.05, 0) is 67.3 Å². The molecule has 1 aromatic heterocycles. The van der Waals surface area contributed by atoms with E-state index in [4.69, 9.17) is 21.0 Å². The SMILES string of the molecule is Cc1ccc(Nc2nc(N3CCC(N)CC3)c3ccc(-c4ccc(C#N)cc4)cc3n2)cc1. The summed E-state index contributed by atoms with van der Waals surface area (Å²) >= 11 is 0. The zero-order valence-corrected chi connectivity index (χ0v) is 18.6. The number of aryl methyl sites for hydroxylation is 1. The van der Waals surface area contributed by atoms with Crippen LogP contribution in [0.1, 0.15) is 24.0 Å². The zero-order valence-electron chi connectivity index (χ0n) is 18.6. The largest absolute Gasteiger partial charge is 0.356 e. The molecule has 0 atom stereocenters. The van der Waals surface area contributed by atoms with Crippen LogP contribution in [0.3, 0.4) is 0 Å². The molecule has 0 saturated carbocycles. The minimum atomic E-state index is 0.252. The van der Waals surface area contributed by atoms with Crippen molar-refractivity contribution in [1.29, 1.82) is 5.26 Å². The first-order chi connectivity index (χ1) is 16.1. The minimum absolute atomic E-state index is 0.252. The van der Waals surface area contributed by atoms with Crippen LogP contribution in [0.2, 0.25) is 0 Å². The van der Waals surface area contributed by atoms with E-state index in [1.165, 1.54) is 5.56 Å². The van der Waals surface area contributed by atoms with E-state index in [9.17, 15) is 0 Å². The molecule has 1 fully saturated rings. The lowest BCUT2D eigenvalue weighted by Crippen LogP contribution is -2.40. The summed E-state index contributed by atoms with van der Waals surface area (Å²) in [4.78, 5) is 12.1. The van der Waals surface area contributed by atoms with Crippen molar-refractivity contribution in [3.8, 4) is 17.2 Å². The molecule has 6 heteroatoms. The first-order valence-corrected chi connectivity index (χ1v) is 11.3. The number of nitrogens with zero attached hydrogens (tertiary/aromatic N) is 4. The quantitative estimate of drug-likeness (QED) is 0.462. The second kappa shape index (κ2) is 8.89. The van der Waals surface area contributed by atoms with E-state index in [0.717, 1.165) is 59.5 Å². The Kier molecular flexibility index (Phi) is 5.64. The highest BCUT2D eigenvalue weighted by Crippen LogP contribution is 2.32. The normalized spacial score (nSPS) is 14.3. The molecule has 3 N–H and O–H groups in total. The van der Waals surface area contributed by atoms with Gasteiger partial charge < -0.3 is 16.0 Å². The molecule has 0 spiro atoms. The van der Waals surface area contributed by atoms with Crippen LogP contribution < -0.4 is 16.0 Å². The molecule has 0 amide bonds. The summed E-state index contributed by atoms with van der Waals surface area (Å²) < 4.78 is 0. The fourth-order valence-electron chi connectivity index (χ4n) is 4.20. The lowest BCUT2D eigenvalue weighted by molar-refractivity contribution is 0.499. The van der Waals surface area contributed by atoms with E-state index in [2.05, 4.69) is 53.5 Å². The van der Waals surface area contributed by atoms with Gasteiger partial charge in [-0.2, -0.15) is 10.2 Å². The third kappa shape index (κ3) is 4.50. The molecule has 5 rings (SSSR count). The molecule has 1 saturated heterocycles. The summed E-state index contributed by atoms with van der Waals surface area (Å²) in [7, 11) is 0. The molecule has 2 heterocycles. The van der Waals surface area contributed by atoms with E-state index < -0.39 is 0 Å². The first-order valence-electron chi connectivity index (χ1n) is 11.3. The molecule has 0 aliphatic carbocycles. The van der Waals surface area contributed by atoms with Crippen LogP contribution in [-0.2, 0) is 0 Å². The first kappa shape index (κ1) is 20.9. The standard InChI is InChI=1S/C27H26N6/c1-18-2-9-23(10-3-18)30-27-31-25-16-21(20-6-4-19(17-28)5-7-20)8-11-24(25)26(32-27)33-14-12-22(29)13-15-33/h2-11,16,22H,12-15,29H2,1H3,(H,30,31,32). The highest BCUT2D eigenvalue weighted by Gasteiger charge is 2.21. The third-order valence-corrected chi connectivity index (χ3v) is 6.17. The maximum Gasteiger partial charge on any atom is 0.229 e. The van der Waals surface area contributed by atoms with Crippen molar-refractivity contribution < 1.29 is 0 Å². The molecule has 1 aliphatic rings. The van der Waals surface area contributed by atoms with Gasteiger partial charge in [-0.1, -0.05) is 35.9 Å². The predicted octanol–water partition coefficient (Wildman–Crippen LogP) is 5.15. The zero-order chi connectivity index (χ0) is 22.8. The second-order valence-electron chi connectivity index (χ2n) is 8.61. The summed E-state index contributed by atoms with van der Waals surface area (Å²) in [6.45, 7) is 3.84. The summed E-state index contributed by atoms with van der Waals surface area (Å²) in [5, 5.41) is 13.5. The Balaban J connectivity index is 1.58. The molecule has 164 valence electrons. The predicted molar refractivity (Wildman–Crippen MR) is 134 cm³/mol. The summed E-state index contributed by atoms with van der Waals surface area (Å²) in [6, 6.07) is 24.6. The molecule has 0 radical (unpaired) electrons. The smallest absolute Gasteiger partial charge is 0.229 e. The Labute approximate surface area is 193 Å². The van der Waals surface area contributed by atoms with Gasteiger partial charge in [-0.15, -0.1) is 0 Å². The van der Waals surface area contributed by atoms with E-state index in [1.54, 1.807) is 0 Å². The maximum absolute atomic E-state index is 9.09. The molecular formula is C27H26N6. The van der Waals surface area contributed by atoms with Crippen molar-refractivity contribution >= 4 is 28.4 Å². The molecule has 0 unspecified atom stereocenters. The van der Waals surface area contributed by atoms with Gasteiger partial charge in [0.05, 0.1) is 17.1 Å². The van der Waals surface area contributed by atoms with Crippen molar-refractivity contribution in [3.63, 3.8) is 0 Å². The number of anilines is 3. The minimum Gasteiger partial charge on any atom is -0.356 e. The average Bonchev–Trinajstić information content (AvgIpc) is 2.85. The Bertz CT molecular complexity index is 1310. The van der Waals surface area contributed by atoms with E-state index in [-0.39, 0.29) is 6.04 Å². The van der Waals surface area contributed by atoms with E-state index in [1.807, 2.05) is 36.4 Å². The van der Waals surface area contributed by atoms with E-state index >= 15 is 0 Å². The van der Waals surface area contributed by atoms with Crippen molar-refractivity contribution in [2.75, 3.05) is 23.3 Å². The van der Waals surface area contributed by atoms with Gasteiger partial charge in [0.15, 0.2) is 0 Å². The van der Waals surface area contributed by atoms with Gasteiger partial charge in [0, 0.05) is 30.2 Å². The third-order valence-electron chi connectivity index (χ3n) is 6.17. The lowest BCUT2D eigenvalue weighted by Gasteiger charge is -2.32. The molecular weight excluding hydrogens is 408 g/mol. The Morgan fingerprint density at radius 2 is 1.64 bits per heavy atom. The fourth-order valence-corrected chi connectivity index (χ4v) is 4.20. The van der Waals surface area contributed by atoms with E-state index in [0.29, 0.717) is 11.5 Å². The number of piperidine rings is 1. The molecule has 1 aliphatic heterocycles. The van der Waals surface area contributed by atoms with Crippen molar-refractivity contribution in [1.82, 2.24) is 9.97 Å². The Morgan fingerprint density at radius 1 is 0.939 bits per heavy atom. The number of nitrogens with one attached hydrogen (secondary N) is 1. The van der Waals surface area contributed by atoms with Crippen molar-refractivity contribution in [3.05, 3.63) is 77.9 Å². The van der Waals surface area contributed by atoms with Crippen LogP contribution in [0.5, 0.6) is 0 Å². The van der Waals surface area contributed by atoms with Gasteiger partial charge in [0.1, 0.15) is 5.82 Å². The topological polar surface area (TPSA) is 90.9 Å². The van der Waals surface area contributed by atoms with Gasteiger partial charge >= 0.3 is 0 Å². The van der Waals surface area contributed by atoms with Crippen LogP contribution in [0.25, 0.3) is 22.0 Å². The summed E-state index contributed by atoms with van der Waals surface area (Å²) in [5.41, 5.74) is 11.9. The van der Waals surface area contributed by atoms with Crippen molar-refractivity contribution in [2.24, 2.45) is 5.73 Å². The lowest BCUT2D eigenvalue weighted by atomic mass is 10.0. The molecule has 33 heavy (non-hydrogen) atoms. The summed E-state index contributed by atoms with van der Waals surface area (Å²) in [6.07, 6.45) is 1.91. The second-order valence-corrected chi connectivity index (χ2v) is 8.61. The summed E-state index contributed by atoms with van der Waals surface area (Å²) in [5.74, 6) is 1.51. The molecule has 0 bridgehead atoms. The number of benzene rings is 3. The number of hydrogen-bond donors (Lipinski definition) is 2. The van der Waals surface area contributed by atoms with Gasteiger partial charge in [-0.3, -0.25) is 0 Å². The van der Waals surface area contributed by atoms with Crippen LogP contribution in [0, 0.1) is 18.3 Å². The Morgan fingerprint density at radius 3 is 2.33 bits per heavy atom. The van der Waals surface area contributed by atoms with Crippen LogP contribution in [-0.4, -0.2) is 29.1 Å². The van der Waals surface area contributed by atoms with Crippen LogP contribution in [0.4, 0.5) is 17.5 Å². The van der Waals surface area contributed by atoms with Crippen molar-refractivity contribution in [2.45, 2.75) is 25.8 Å². The Hall–Kier alpha value is -3.95. The van der Waals surface area contributed by atoms with Gasteiger partial charge in [0.2, 0.25) is 5.95 Å². The van der Waals surface area contributed by atoms with Gasteiger partial charge in [0.25, 0.3) is 0 Å². The molecule has 4 aromatic rings. The molecule has 3 aromatic carbocycles. The highest BCUT2D eigenvalue weighted by molar-refractivity contribution is 5.93.